The van der Waals surface area contributed by atoms with Gasteiger partial charge < -0.3 is 10.6 Å². The van der Waals surface area contributed by atoms with E-state index < -0.39 is 0 Å². The fraction of sp³-hybridized carbons (Fsp3) is 0.500. The van der Waals surface area contributed by atoms with Crippen LogP contribution in [0.3, 0.4) is 0 Å². The molecule has 0 spiro atoms. The average Bonchev–Trinajstić information content (AvgIpc) is 2.30. The number of hydrogen-bond donors (Lipinski definition) is 2. The average molecular weight is 311 g/mol. The molecule has 0 aromatic heterocycles. The molecule has 0 atom stereocenters. The van der Waals surface area contributed by atoms with Crippen LogP contribution >= 0.6 is 15.9 Å². The molecule has 2 N–H and O–H groups in total. The third-order valence-electron chi connectivity index (χ3n) is 3.73. The van der Waals surface area contributed by atoms with Gasteiger partial charge in [0.2, 0.25) is 5.91 Å². The van der Waals surface area contributed by atoms with Crippen molar-refractivity contribution in [3.63, 3.8) is 0 Å². The van der Waals surface area contributed by atoms with Crippen molar-refractivity contribution in [2.24, 2.45) is 0 Å². The van der Waals surface area contributed by atoms with E-state index in [4.69, 9.17) is 0 Å². The van der Waals surface area contributed by atoms with E-state index in [0.717, 1.165) is 23.9 Å². The van der Waals surface area contributed by atoms with Crippen molar-refractivity contribution in [2.45, 2.75) is 24.7 Å². The Balaban J connectivity index is 2.02. The lowest BCUT2D eigenvalue weighted by atomic mass is 9.64. The van der Waals surface area contributed by atoms with Crippen LogP contribution in [0.5, 0.6) is 0 Å². The molecule has 0 radical (unpaired) electrons. The zero-order chi connectivity index (χ0) is 13.0. The van der Waals surface area contributed by atoms with Gasteiger partial charge in [0.25, 0.3) is 0 Å². The number of hydrogen-bond acceptors (Lipinski definition) is 2. The van der Waals surface area contributed by atoms with E-state index in [0.29, 0.717) is 6.54 Å². The Labute approximate surface area is 116 Å². The first-order chi connectivity index (χ1) is 8.66. The van der Waals surface area contributed by atoms with Crippen molar-refractivity contribution >= 4 is 21.8 Å². The largest absolute Gasteiger partial charge is 0.354 e. The molecule has 18 heavy (non-hydrogen) atoms. The number of nitrogens with one attached hydrogen (secondary N) is 2. The van der Waals surface area contributed by atoms with Gasteiger partial charge in [-0.1, -0.05) is 34.5 Å². The molecule has 1 fully saturated rings. The highest BCUT2D eigenvalue weighted by atomic mass is 79.9. The van der Waals surface area contributed by atoms with E-state index in [1.165, 1.54) is 12.0 Å². The second-order valence-electron chi connectivity index (χ2n) is 4.95. The van der Waals surface area contributed by atoms with E-state index in [2.05, 4.69) is 50.8 Å². The smallest absolute Gasteiger partial charge is 0.233 e. The van der Waals surface area contributed by atoms with Crippen LogP contribution < -0.4 is 10.6 Å². The third-order valence-corrected chi connectivity index (χ3v) is 4.26. The lowest BCUT2D eigenvalue weighted by molar-refractivity contribution is -0.120. The number of benzene rings is 1. The summed E-state index contributed by atoms with van der Waals surface area (Å²) in [4.78, 5) is 11.5. The van der Waals surface area contributed by atoms with E-state index in [-0.39, 0.29) is 11.3 Å². The van der Waals surface area contributed by atoms with Crippen molar-refractivity contribution in [1.82, 2.24) is 10.6 Å². The van der Waals surface area contributed by atoms with Gasteiger partial charge in [0, 0.05) is 16.4 Å². The molecule has 3 nitrogen and oxygen atoms in total. The summed E-state index contributed by atoms with van der Waals surface area (Å²) in [5, 5.41) is 5.90. The number of carbonyl (C=O) groups excluding carboxylic acids is 1. The SMILES string of the molecule is CNCC(=O)NCC1(c2ccc(Br)cc2)CCC1. The molecule has 1 amide bonds. The molecule has 1 aromatic rings. The maximum Gasteiger partial charge on any atom is 0.233 e. The van der Waals surface area contributed by atoms with Crippen LogP contribution in [0, 0.1) is 0 Å². The minimum absolute atomic E-state index is 0.0703. The summed E-state index contributed by atoms with van der Waals surface area (Å²) in [5.41, 5.74) is 1.49. The van der Waals surface area contributed by atoms with Crippen LogP contribution in [0.4, 0.5) is 0 Å². The van der Waals surface area contributed by atoms with Crippen LogP contribution in [-0.2, 0) is 10.2 Å². The summed E-state index contributed by atoms with van der Waals surface area (Å²) >= 11 is 3.46. The summed E-state index contributed by atoms with van der Waals surface area (Å²) in [6, 6.07) is 8.47. The molecule has 1 aliphatic carbocycles. The summed E-state index contributed by atoms with van der Waals surface area (Å²) < 4.78 is 1.10. The van der Waals surface area contributed by atoms with Gasteiger partial charge in [-0.05, 0) is 37.6 Å². The fourth-order valence-electron chi connectivity index (χ4n) is 2.47. The maximum atomic E-state index is 11.5. The number of amides is 1. The van der Waals surface area contributed by atoms with Gasteiger partial charge in [-0.25, -0.2) is 0 Å². The highest BCUT2D eigenvalue weighted by molar-refractivity contribution is 9.10. The van der Waals surface area contributed by atoms with E-state index in [1.54, 1.807) is 7.05 Å². The summed E-state index contributed by atoms with van der Waals surface area (Å²) in [7, 11) is 1.79. The van der Waals surface area contributed by atoms with Gasteiger partial charge in [-0.2, -0.15) is 0 Å². The zero-order valence-corrected chi connectivity index (χ0v) is 12.2. The lowest BCUT2D eigenvalue weighted by Gasteiger charge is -2.42. The molecular weight excluding hydrogens is 292 g/mol. The predicted octanol–water partition coefficient (Wildman–Crippen LogP) is 2.21. The van der Waals surface area contributed by atoms with Crippen LogP contribution in [0.15, 0.2) is 28.7 Å². The first kappa shape index (κ1) is 13.6. The Kier molecular flexibility index (Phi) is 4.40. The van der Waals surface area contributed by atoms with Gasteiger partial charge in [0.15, 0.2) is 0 Å². The Morgan fingerprint density at radius 1 is 1.33 bits per heavy atom. The molecule has 0 aliphatic heterocycles. The molecule has 1 saturated carbocycles. The summed E-state index contributed by atoms with van der Waals surface area (Å²) in [5.74, 6) is 0.0703. The van der Waals surface area contributed by atoms with Crippen molar-refractivity contribution in [1.29, 1.82) is 0 Å². The second-order valence-corrected chi connectivity index (χ2v) is 5.86. The highest BCUT2D eigenvalue weighted by Crippen LogP contribution is 2.43. The molecular formula is C14H19BrN2O. The molecule has 1 aromatic carbocycles. The number of halogens is 1. The minimum atomic E-state index is 0.0703. The van der Waals surface area contributed by atoms with Crippen molar-refractivity contribution < 1.29 is 4.79 Å². The minimum Gasteiger partial charge on any atom is -0.354 e. The molecule has 1 aliphatic rings. The first-order valence-corrected chi connectivity index (χ1v) is 7.13. The number of rotatable bonds is 5. The van der Waals surface area contributed by atoms with Gasteiger partial charge in [-0.15, -0.1) is 0 Å². The van der Waals surface area contributed by atoms with Crippen molar-refractivity contribution in [3.8, 4) is 0 Å². The molecule has 0 bridgehead atoms. The van der Waals surface area contributed by atoms with E-state index in [1.807, 2.05) is 0 Å². The van der Waals surface area contributed by atoms with Crippen LogP contribution in [0.1, 0.15) is 24.8 Å². The van der Waals surface area contributed by atoms with Crippen LogP contribution in [0.25, 0.3) is 0 Å². The van der Waals surface area contributed by atoms with Crippen LogP contribution in [-0.4, -0.2) is 26.0 Å². The third kappa shape index (κ3) is 2.93. The zero-order valence-electron chi connectivity index (χ0n) is 10.6. The number of carbonyl (C=O) groups is 1. The topological polar surface area (TPSA) is 41.1 Å². The van der Waals surface area contributed by atoms with Crippen molar-refractivity contribution in [2.75, 3.05) is 20.1 Å². The first-order valence-electron chi connectivity index (χ1n) is 6.34. The highest BCUT2D eigenvalue weighted by Gasteiger charge is 2.38. The van der Waals surface area contributed by atoms with Gasteiger partial charge >= 0.3 is 0 Å². The summed E-state index contributed by atoms with van der Waals surface area (Å²) in [6.07, 6.45) is 3.57. The van der Waals surface area contributed by atoms with Crippen molar-refractivity contribution in [3.05, 3.63) is 34.3 Å². The molecule has 0 unspecified atom stereocenters. The Hall–Kier alpha value is -0.870. The maximum absolute atomic E-state index is 11.5. The Morgan fingerprint density at radius 2 is 2.00 bits per heavy atom. The number of likely N-dealkylation sites (N-methyl/N-ethyl adjacent to an activating group) is 1. The molecule has 0 heterocycles. The second kappa shape index (κ2) is 5.85. The van der Waals surface area contributed by atoms with E-state index >= 15 is 0 Å². The van der Waals surface area contributed by atoms with E-state index in [9.17, 15) is 4.79 Å². The van der Waals surface area contributed by atoms with Gasteiger partial charge in [0.1, 0.15) is 0 Å². The van der Waals surface area contributed by atoms with Crippen LogP contribution in [0.2, 0.25) is 0 Å². The lowest BCUT2D eigenvalue weighted by Crippen LogP contribution is -2.47. The molecule has 98 valence electrons. The fourth-order valence-corrected chi connectivity index (χ4v) is 2.73. The molecule has 0 saturated heterocycles. The Bertz CT molecular complexity index is 412. The quantitative estimate of drug-likeness (QED) is 0.875. The monoisotopic (exact) mass is 310 g/mol. The summed E-state index contributed by atoms with van der Waals surface area (Å²) in [6.45, 7) is 1.13. The normalized spacial score (nSPS) is 17.0. The molecule has 4 heteroatoms. The predicted molar refractivity (Wildman–Crippen MR) is 76.6 cm³/mol. The standard InChI is InChI=1S/C14H19BrN2O/c1-16-9-13(18)17-10-14(7-2-8-14)11-3-5-12(15)6-4-11/h3-6,16H,2,7-10H2,1H3,(H,17,18). The molecule has 2 rings (SSSR count). The van der Waals surface area contributed by atoms with Gasteiger partial charge in [0.05, 0.1) is 6.54 Å². The Morgan fingerprint density at radius 3 is 2.50 bits per heavy atom. The van der Waals surface area contributed by atoms with Gasteiger partial charge in [-0.3, -0.25) is 4.79 Å².